The van der Waals surface area contributed by atoms with E-state index in [1.54, 1.807) is 26.0 Å². The number of aromatic nitrogens is 1. The first-order valence-electron chi connectivity index (χ1n) is 9.77. The van der Waals surface area contributed by atoms with Crippen molar-refractivity contribution in [1.29, 1.82) is 0 Å². The summed E-state index contributed by atoms with van der Waals surface area (Å²) in [6, 6.07) is 9.06. The molecule has 0 unspecified atom stereocenters. The predicted octanol–water partition coefficient (Wildman–Crippen LogP) is 2.99. The molecule has 154 valence electrons. The van der Waals surface area contributed by atoms with Gasteiger partial charge in [0.2, 0.25) is 0 Å². The van der Waals surface area contributed by atoms with Gasteiger partial charge >= 0.3 is 5.97 Å². The SMILES string of the molecule is CCOC(=O)c1c(C)[nH]c(C(=O)C(=O)N2C[C@H](C)O[C@@H](C)C2)c1-c1ccccc1. The van der Waals surface area contributed by atoms with Crippen molar-refractivity contribution in [1.82, 2.24) is 9.88 Å². The van der Waals surface area contributed by atoms with E-state index in [4.69, 9.17) is 9.47 Å². The van der Waals surface area contributed by atoms with Crippen LogP contribution in [0.1, 0.15) is 47.3 Å². The number of H-pyrrole nitrogens is 1. The van der Waals surface area contributed by atoms with Gasteiger partial charge in [-0.15, -0.1) is 0 Å². The van der Waals surface area contributed by atoms with E-state index in [2.05, 4.69) is 4.98 Å². The number of aromatic amines is 1. The quantitative estimate of drug-likeness (QED) is 0.475. The summed E-state index contributed by atoms with van der Waals surface area (Å²) in [4.78, 5) is 43.2. The van der Waals surface area contributed by atoms with Crippen molar-refractivity contribution in [3.8, 4) is 11.1 Å². The summed E-state index contributed by atoms with van der Waals surface area (Å²) in [6.45, 7) is 8.06. The standard InChI is InChI=1S/C22H26N2O5/c1-5-28-22(27)17-15(4)23-19(18(17)16-9-7-6-8-10-16)20(25)21(26)24-11-13(2)29-14(3)12-24/h6-10,13-14,23H,5,11-12H2,1-4H3/t13-,14-/m0/s1. The number of esters is 1. The van der Waals surface area contributed by atoms with Crippen LogP contribution in [0, 0.1) is 6.92 Å². The fourth-order valence-electron chi connectivity index (χ4n) is 3.74. The van der Waals surface area contributed by atoms with Gasteiger partial charge in [-0.25, -0.2) is 4.79 Å². The second kappa shape index (κ2) is 8.61. The van der Waals surface area contributed by atoms with Gasteiger partial charge in [0, 0.05) is 24.3 Å². The maximum Gasteiger partial charge on any atom is 0.340 e. The maximum absolute atomic E-state index is 13.2. The minimum absolute atomic E-state index is 0.105. The molecule has 2 atom stereocenters. The molecule has 1 amide bonds. The summed E-state index contributed by atoms with van der Waals surface area (Å²) in [5, 5.41) is 0. The Balaban J connectivity index is 2.04. The minimum atomic E-state index is -0.677. The molecular formula is C22H26N2O5. The second-order valence-electron chi connectivity index (χ2n) is 7.26. The molecule has 0 bridgehead atoms. The van der Waals surface area contributed by atoms with Crippen molar-refractivity contribution < 1.29 is 23.9 Å². The third-order valence-corrected chi connectivity index (χ3v) is 4.86. The van der Waals surface area contributed by atoms with Gasteiger partial charge in [0.25, 0.3) is 11.7 Å². The number of benzene rings is 1. The number of nitrogens with one attached hydrogen (secondary N) is 1. The zero-order chi connectivity index (χ0) is 21.1. The molecule has 7 heteroatoms. The number of hydrogen-bond donors (Lipinski definition) is 1. The fourth-order valence-corrected chi connectivity index (χ4v) is 3.74. The van der Waals surface area contributed by atoms with E-state index < -0.39 is 17.7 Å². The van der Waals surface area contributed by atoms with E-state index >= 15 is 0 Å². The Morgan fingerprint density at radius 1 is 1.14 bits per heavy atom. The van der Waals surface area contributed by atoms with Crippen LogP contribution >= 0.6 is 0 Å². The molecule has 2 heterocycles. The molecule has 0 aliphatic carbocycles. The van der Waals surface area contributed by atoms with Crippen LogP contribution in [0.15, 0.2) is 30.3 Å². The third kappa shape index (κ3) is 4.24. The smallest absolute Gasteiger partial charge is 0.340 e. The molecule has 0 radical (unpaired) electrons. The average Bonchev–Trinajstić information content (AvgIpc) is 3.04. The van der Waals surface area contributed by atoms with Gasteiger partial charge in [0.1, 0.15) is 5.69 Å². The van der Waals surface area contributed by atoms with Crippen molar-refractivity contribution in [3.63, 3.8) is 0 Å². The number of rotatable bonds is 5. The average molecular weight is 398 g/mol. The number of nitrogens with zero attached hydrogens (tertiary/aromatic N) is 1. The number of carbonyl (C=O) groups is 3. The molecule has 3 rings (SSSR count). The van der Waals surface area contributed by atoms with Crippen LogP contribution in [0.25, 0.3) is 11.1 Å². The number of ether oxygens (including phenoxy) is 2. The number of ketones is 1. The molecule has 2 aromatic rings. The molecular weight excluding hydrogens is 372 g/mol. The molecule has 1 aliphatic rings. The van der Waals surface area contributed by atoms with E-state index in [9.17, 15) is 14.4 Å². The van der Waals surface area contributed by atoms with Crippen LogP contribution in [0.5, 0.6) is 0 Å². The van der Waals surface area contributed by atoms with E-state index in [1.807, 2.05) is 32.0 Å². The summed E-state index contributed by atoms with van der Waals surface area (Å²) in [5.41, 5.74) is 1.93. The topological polar surface area (TPSA) is 88.7 Å². The lowest BCUT2D eigenvalue weighted by atomic mass is 9.98. The first kappa shape index (κ1) is 20.8. The van der Waals surface area contributed by atoms with E-state index in [0.717, 1.165) is 0 Å². The van der Waals surface area contributed by atoms with Gasteiger partial charge < -0.3 is 19.4 Å². The Kier molecular flexibility index (Phi) is 6.17. The van der Waals surface area contributed by atoms with Gasteiger partial charge in [-0.2, -0.15) is 0 Å². The summed E-state index contributed by atoms with van der Waals surface area (Å²) in [5.74, 6) is -1.81. The van der Waals surface area contributed by atoms with Crippen LogP contribution in [0.3, 0.4) is 0 Å². The van der Waals surface area contributed by atoms with Crippen molar-refractivity contribution in [2.24, 2.45) is 0 Å². The van der Waals surface area contributed by atoms with Crippen LogP contribution in [0.4, 0.5) is 0 Å². The number of hydrogen-bond acceptors (Lipinski definition) is 5. The Bertz CT molecular complexity index is 909. The zero-order valence-corrected chi connectivity index (χ0v) is 17.2. The van der Waals surface area contributed by atoms with Crippen molar-refractivity contribution in [3.05, 3.63) is 47.3 Å². The Labute approximate surface area is 170 Å². The summed E-state index contributed by atoms with van der Waals surface area (Å²) < 4.78 is 10.8. The summed E-state index contributed by atoms with van der Waals surface area (Å²) in [6.07, 6.45) is -0.297. The van der Waals surface area contributed by atoms with Gasteiger partial charge in [0.15, 0.2) is 0 Å². The van der Waals surface area contributed by atoms with Crippen molar-refractivity contribution in [2.75, 3.05) is 19.7 Å². The third-order valence-electron chi connectivity index (χ3n) is 4.86. The predicted molar refractivity (Wildman–Crippen MR) is 108 cm³/mol. The molecule has 1 fully saturated rings. The summed E-state index contributed by atoms with van der Waals surface area (Å²) in [7, 11) is 0. The first-order chi connectivity index (χ1) is 13.8. The number of amides is 1. The number of carbonyl (C=O) groups excluding carboxylic acids is 3. The fraction of sp³-hybridized carbons (Fsp3) is 0.409. The Morgan fingerprint density at radius 2 is 1.76 bits per heavy atom. The number of Topliss-reactive ketones (excluding diaryl/α,β-unsaturated/α-hetero) is 1. The molecule has 0 saturated carbocycles. The zero-order valence-electron chi connectivity index (χ0n) is 17.2. The number of morpholine rings is 1. The molecule has 7 nitrogen and oxygen atoms in total. The molecule has 1 N–H and O–H groups in total. The lowest BCUT2D eigenvalue weighted by Crippen LogP contribution is -2.50. The molecule has 1 aromatic carbocycles. The van der Waals surface area contributed by atoms with Gasteiger partial charge in [-0.05, 0) is 33.3 Å². The summed E-state index contributed by atoms with van der Waals surface area (Å²) >= 11 is 0. The van der Waals surface area contributed by atoms with Gasteiger partial charge in [0.05, 0.1) is 24.4 Å². The van der Waals surface area contributed by atoms with Crippen molar-refractivity contribution in [2.45, 2.75) is 39.9 Å². The van der Waals surface area contributed by atoms with Crippen LogP contribution < -0.4 is 0 Å². The van der Waals surface area contributed by atoms with Crippen LogP contribution in [-0.4, -0.2) is 59.4 Å². The highest BCUT2D eigenvalue weighted by molar-refractivity contribution is 6.43. The minimum Gasteiger partial charge on any atom is -0.462 e. The second-order valence-corrected chi connectivity index (χ2v) is 7.26. The molecule has 0 spiro atoms. The van der Waals surface area contributed by atoms with E-state index in [0.29, 0.717) is 29.9 Å². The lowest BCUT2D eigenvalue weighted by Gasteiger charge is -2.34. The largest absolute Gasteiger partial charge is 0.462 e. The van der Waals surface area contributed by atoms with E-state index in [1.165, 1.54) is 4.90 Å². The van der Waals surface area contributed by atoms with Crippen molar-refractivity contribution >= 4 is 17.7 Å². The Morgan fingerprint density at radius 3 is 2.34 bits per heavy atom. The van der Waals surface area contributed by atoms with Gasteiger partial charge in [-0.1, -0.05) is 30.3 Å². The first-order valence-corrected chi connectivity index (χ1v) is 9.77. The number of aryl methyl sites for hydroxylation is 1. The van der Waals surface area contributed by atoms with Crippen LogP contribution in [-0.2, 0) is 14.3 Å². The molecule has 1 aliphatic heterocycles. The van der Waals surface area contributed by atoms with Crippen LogP contribution in [0.2, 0.25) is 0 Å². The van der Waals surface area contributed by atoms with Gasteiger partial charge in [-0.3, -0.25) is 9.59 Å². The Hall–Kier alpha value is -2.93. The lowest BCUT2D eigenvalue weighted by molar-refractivity contribution is -0.138. The molecule has 1 aromatic heterocycles. The maximum atomic E-state index is 13.2. The van der Waals surface area contributed by atoms with E-state index in [-0.39, 0.29) is 30.1 Å². The molecule has 29 heavy (non-hydrogen) atoms. The highest BCUT2D eigenvalue weighted by Crippen LogP contribution is 2.32. The highest BCUT2D eigenvalue weighted by atomic mass is 16.5. The highest BCUT2D eigenvalue weighted by Gasteiger charge is 2.34. The molecule has 1 saturated heterocycles. The normalized spacial score (nSPS) is 19.1. The monoisotopic (exact) mass is 398 g/mol.